The highest BCUT2D eigenvalue weighted by atomic mass is 35.5. The first-order chi connectivity index (χ1) is 7.68. The maximum absolute atomic E-state index is 10.7. The molecule has 0 fully saturated rings. The van der Waals surface area contributed by atoms with Gasteiger partial charge in [0, 0.05) is 0 Å². The number of carboxylic acids is 1. The Balaban J connectivity index is 0.00000144. The van der Waals surface area contributed by atoms with Crippen LogP contribution in [0.1, 0.15) is 29.5 Å². The van der Waals surface area contributed by atoms with E-state index in [1.807, 2.05) is 12.1 Å². The third-order valence-electron chi connectivity index (χ3n) is 3.25. The summed E-state index contributed by atoms with van der Waals surface area (Å²) in [6, 6.07) is 5.37. The summed E-state index contributed by atoms with van der Waals surface area (Å²) in [4.78, 5) is 10.7. The molecular weight excluding hydrogens is 238 g/mol. The molecule has 0 spiro atoms. The van der Waals surface area contributed by atoms with Gasteiger partial charge in [0.15, 0.2) is 0 Å². The normalized spacial score (nSPS) is 15.6. The minimum absolute atomic E-state index is 0. The molecule has 4 heteroatoms. The van der Waals surface area contributed by atoms with Crippen molar-refractivity contribution in [2.75, 3.05) is 0 Å². The first-order valence-electron chi connectivity index (χ1n) is 5.76. The maximum Gasteiger partial charge on any atom is 0.320 e. The van der Waals surface area contributed by atoms with Gasteiger partial charge in [-0.05, 0) is 48.8 Å². The van der Waals surface area contributed by atoms with E-state index in [9.17, 15) is 4.79 Å². The number of hydrogen-bond acceptors (Lipinski definition) is 2. The minimum atomic E-state index is -0.923. The van der Waals surface area contributed by atoms with E-state index in [4.69, 9.17) is 10.8 Å². The highest BCUT2D eigenvalue weighted by Crippen LogP contribution is 2.25. The molecule has 1 aliphatic rings. The van der Waals surface area contributed by atoms with Gasteiger partial charge in [0.25, 0.3) is 0 Å². The predicted octanol–water partition coefficient (Wildman–Crippen LogP) is 1.94. The van der Waals surface area contributed by atoms with Crippen molar-refractivity contribution >= 4 is 18.4 Å². The van der Waals surface area contributed by atoms with Crippen LogP contribution in [-0.4, -0.2) is 17.1 Å². The van der Waals surface area contributed by atoms with E-state index in [0.29, 0.717) is 6.42 Å². The van der Waals surface area contributed by atoms with Crippen molar-refractivity contribution in [2.45, 2.75) is 38.1 Å². The first kappa shape index (κ1) is 14.0. The molecule has 0 heterocycles. The van der Waals surface area contributed by atoms with Crippen LogP contribution < -0.4 is 5.73 Å². The Kier molecular flexibility index (Phi) is 4.97. The second-order valence-electron chi connectivity index (χ2n) is 4.41. The summed E-state index contributed by atoms with van der Waals surface area (Å²) in [7, 11) is 0. The maximum atomic E-state index is 10.7. The van der Waals surface area contributed by atoms with Crippen LogP contribution in [0.25, 0.3) is 0 Å². The van der Waals surface area contributed by atoms with Crippen LogP contribution in [0.15, 0.2) is 18.2 Å². The van der Waals surface area contributed by atoms with E-state index in [1.165, 1.54) is 24.0 Å². The van der Waals surface area contributed by atoms with E-state index in [0.717, 1.165) is 18.4 Å². The van der Waals surface area contributed by atoms with Gasteiger partial charge < -0.3 is 10.8 Å². The van der Waals surface area contributed by atoms with E-state index < -0.39 is 12.0 Å². The molecule has 94 valence electrons. The van der Waals surface area contributed by atoms with Crippen LogP contribution in [0.4, 0.5) is 0 Å². The Morgan fingerprint density at radius 2 is 2.06 bits per heavy atom. The fourth-order valence-electron chi connectivity index (χ4n) is 2.38. The molecule has 3 nitrogen and oxygen atoms in total. The summed E-state index contributed by atoms with van der Waals surface area (Å²) >= 11 is 0. The van der Waals surface area contributed by atoms with Gasteiger partial charge in [-0.3, -0.25) is 4.79 Å². The topological polar surface area (TPSA) is 63.3 Å². The van der Waals surface area contributed by atoms with Gasteiger partial charge >= 0.3 is 5.97 Å². The summed E-state index contributed by atoms with van der Waals surface area (Å²) in [5, 5.41) is 8.82. The predicted molar refractivity (Wildman–Crippen MR) is 69.6 cm³/mol. The second kappa shape index (κ2) is 6.03. The molecule has 3 N–H and O–H groups in total. The van der Waals surface area contributed by atoms with Crippen LogP contribution in [-0.2, 0) is 24.1 Å². The highest BCUT2D eigenvalue weighted by Gasteiger charge is 2.17. The van der Waals surface area contributed by atoms with Gasteiger partial charge in [0.05, 0.1) is 0 Å². The molecule has 1 aliphatic carbocycles. The van der Waals surface area contributed by atoms with Crippen LogP contribution in [0.5, 0.6) is 0 Å². The van der Waals surface area contributed by atoms with Crippen LogP contribution in [0.2, 0.25) is 0 Å². The summed E-state index contributed by atoms with van der Waals surface area (Å²) in [5.74, 6) is -0.923. The van der Waals surface area contributed by atoms with E-state index in [-0.39, 0.29) is 12.4 Å². The van der Waals surface area contributed by atoms with Crippen molar-refractivity contribution < 1.29 is 9.90 Å². The van der Waals surface area contributed by atoms with Crippen molar-refractivity contribution in [3.8, 4) is 0 Å². The number of carboxylic acid groups (broad SMARTS) is 1. The van der Waals surface area contributed by atoms with Crippen molar-refractivity contribution in [3.63, 3.8) is 0 Å². The van der Waals surface area contributed by atoms with Crippen molar-refractivity contribution in [1.82, 2.24) is 0 Å². The fraction of sp³-hybridized carbons (Fsp3) is 0.462. The van der Waals surface area contributed by atoms with Gasteiger partial charge in [0.1, 0.15) is 6.04 Å². The summed E-state index contributed by atoms with van der Waals surface area (Å²) in [6.07, 6.45) is 5.07. The Labute approximate surface area is 107 Å². The number of carbonyl (C=O) groups is 1. The molecule has 0 amide bonds. The Hall–Kier alpha value is -1.06. The number of aliphatic carboxylic acids is 1. The monoisotopic (exact) mass is 255 g/mol. The number of aryl methyl sites for hydroxylation is 1. The molecule has 0 saturated heterocycles. The Morgan fingerprint density at radius 1 is 1.35 bits per heavy atom. The lowest BCUT2D eigenvalue weighted by Crippen LogP contribution is -2.32. The third-order valence-corrected chi connectivity index (χ3v) is 3.25. The number of halogens is 1. The first-order valence-corrected chi connectivity index (χ1v) is 5.76. The van der Waals surface area contributed by atoms with Crippen LogP contribution in [0.3, 0.4) is 0 Å². The number of fused-ring (bicyclic) bond motifs is 1. The van der Waals surface area contributed by atoms with E-state index in [1.54, 1.807) is 0 Å². The Bertz CT molecular complexity index is 406. The molecule has 0 radical (unpaired) electrons. The fourth-order valence-corrected chi connectivity index (χ4v) is 2.38. The zero-order valence-electron chi connectivity index (χ0n) is 9.69. The lowest BCUT2D eigenvalue weighted by Gasteiger charge is -2.20. The standard InChI is InChI=1S/C13H17NO2.ClH/c14-12(13(15)16)8-10-6-3-5-9-4-1-2-7-11(9)10;/h3,5-6,12H,1-2,4,7-8,14H2,(H,15,16);1H/t12-;/m0./s1. The minimum Gasteiger partial charge on any atom is -0.480 e. The largest absolute Gasteiger partial charge is 0.480 e. The molecule has 0 aromatic heterocycles. The van der Waals surface area contributed by atoms with Gasteiger partial charge in [-0.2, -0.15) is 0 Å². The van der Waals surface area contributed by atoms with Crippen molar-refractivity contribution in [2.24, 2.45) is 5.73 Å². The molecule has 2 rings (SSSR count). The quantitative estimate of drug-likeness (QED) is 0.868. The zero-order valence-corrected chi connectivity index (χ0v) is 10.5. The van der Waals surface area contributed by atoms with E-state index >= 15 is 0 Å². The number of rotatable bonds is 3. The molecular formula is C13H18ClNO2. The summed E-state index contributed by atoms with van der Waals surface area (Å²) in [6.45, 7) is 0. The molecule has 0 unspecified atom stereocenters. The molecule has 1 aromatic rings. The smallest absolute Gasteiger partial charge is 0.320 e. The third kappa shape index (κ3) is 3.20. The number of nitrogens with two attached hydrogens (primary N) is 1. The molecule has 0 saturated carbocycles. The number of hydrogen-bond donors (Lipinski definition) is 2. The summed E-state index contributed by atoms with van der Waals surface area (Å²) < 4.78 is 0. The molecule has 0 bridgehead atoms. The second-order valence-corrected chi connectivity index (χ2v) is 4.41. The average Bonchev–Trinajstić information content (AvgIpc) is 2.29. The van der Waals surface area contributed by atoms with Gasteiger partial charge in [0.2, 0.25) is 0 Å². The number of benzene rings is 1. The average molecular weight is 256 g/mol. The van der Waals surface area contributed by atoms with Crippen LogP contribution >= 0.6 is 12.4 Å². The van der Waals surface area contributed by atoms with Crippen molar-refractivity contribution in [1.29, 1.82) is 0 Å². The SMILES string of the molecule is Cl.N[C@@H](Cc1cccc2c1CCCC2)C(=O)O. The molecule has 1 atom stereocenters. The van der Waals surface area contributed by atoms with Gasteiger partial charge in [-0.25, -0.2) is 0 Å². The van der Waals surface area contributed by atoms with Crippen LogP contribution in [0, 0.1) is 0 Å². The van der Waals surface area contributed by atoms with Gasteiger partial charge in [-0.1, -0.05) is 18.2 Å². The lowest BCUT2D eigenvalue weighted by molar-refractivity contribution is -0.138. The zero-order chi connectivity index (χ0) is 11.5. The molecule has 0 aliphatic heterocycles. The van der Waals surface area contributed by atoms with E-state index in [2.05, 4.69) is 6.07 Å². The molecule has 1 aromatic carbocycles. The molecule has 17 heavy (non-hydrogen) atoms. The van der Waals surface area contributed by atoms with Gasteiger partial charge in [-0.15, -0.1) is 12.4 Å². The summed E-state index contributed by atoms with van der Waals surface area (Å²) in [5.41, 5.74) is 9.41. The lowest BCUT2D eigenvalue weighted by atomic mass is 9.86. The highest BCUT2D eigenvalue weighted by molar-refractivity contribution is 5.85. The van der Waals surface area contributed by atoms with Crippen molar-refractivity contribution in [3.05, 3.63) is 34.9 Å². The Morgan fingerprint density at radius 3 is 2.76 bits per heavy atom.